The molecule has 2 unspecified atom stereocenters. The molecule has 1 saturated carbocycles. The van der Waals surface area contributed by atoms with Gasteiger partial charge >= 0.3 is 0 Å². The Morgan fingerprint density at radius 1 is 1.26 bits per heavy atom. The van der Waals surface area contributed by atoms with Gasteiger partial charge in [-0.05, 0) is 55.5 Å². The van der Waals surface area contributed by atoms with Gasteiger partial charge in [-0.25, -0.2) is 4.39 Å². The molecule has 1 N–H and O–H groups in total. The van der Waals surface area contributed by atoms with Crippen LogP contribution in [-0.4, -0.2) is 12.6 Å². The summed E-state index contributed by atoms with van der Waals surface area (Å²) in [5.74, 6) is 0.543. The molecule has 1 aromatic rings. The molecule has 0 bridgehead atoms. The van der Waals surface area contributed by atoms with Gasteiger partial charge in [0.1, 0.15) is 5.82 Å². The lowest BCUT2D eigenvalue weighted by molar-refractivity contribution is 0.389. The van der Waals surface area contributed by atoms with Crippen LogP contribution in [0, 0.1) is 11.7 Å². The van der Waals surface area contributed by atoms with E-state index in [-0.39, 0.29) is 5.82 Å². The van der Waals surface area contributed by atoms with E-state index in [4.69, 9.17) is 0 Å². The molecule has 19 heavy (non-hydrogen) atoms. The minimum Gasteiger partial charge on any atom is -0.314 e. The fraction of sp³-hybridized carbons (Fsp3) is 0.625. The first-order valence-electron chi connectivity index (χ1n) is 7.35. The molecule has 0 spiro atoms. The van der Waals surface area contributed by atoms with Gasteiger partial charge in [0, 0.05) is 10.5 Å². The highest BCUT2D eigenvalue weighted by Gasteiger charge is 2.20. The summed E-state index contributed by atoms with van der Waals surface area (Å²) in [6.07, 6.45) is 7.41. The molecule has 1 aliphatic carbocycles. The van der Waals surface area contributed by atoms with Crippen molar-refractivity contribution in [3.63, 3.8) is 0 Å². The van der Waals surface area contributed by atoms with Crippen LogP contribution in [0.5, 0.6) is 0 Å². The predicted molar refractivity (Wildman–Crippen MR) is 81.8 cm³/mol. The lowest BCUT2D eigenvalue weighted by Crippen LogP contribution is -2.30. The minimum atomic E-state index is -0.138. The highest BCUT2D eigenvalue weighted by Crippen LogP contribution is 2.27. The number of nitrogens with one attached hydrogen (secondary N) is 1. The predicted octanol–water partition coefficient (Wildman–Crippen LogP) is 4.69. The van der Waals surface area contributed by atoms with E-state index in [9.17, 15) is 4.39 Å². The van der Waals surface area contributed by atoms with Crippen molar-refractivity contribution in [1.82, 2.24) is 5.32 Å². The Kier molecular flexibility index (Phi) is 5.83. The van der Waals surface area contributed by atoms with Gasteiger partial charge in [0.2, 0.25) is 0 Å². The van der Waals surface area contributed by atoms with Crippen molar-refractivity contribution in [1.29, 1.82) is 0 Å². The summed E-state index contributed by atoms with van der Waals surface area (Å²) >= 11 is 3.38. The molecule has 0 saturated heterocycles. The first-order valence-corrected chi connectivity index (χ1v) is 8.15. The van der Waals surface area contributed by atoms with E-state index in [1.807, 2.05) is 0 Å². The van der Waals surface area contributed by atoms with Crippen molar-refractivity contribution < 1.29 is 4.39 Å². The normalized spacial score (nSPS) is 24.2. The highest BCUT2D eigenvalue weighted by molar-refractivity contribution is 9.10. The third kappa shape index (κ3) is 4.88. The Labute approximate surface area is 124 Å². The van der Waals surface area contributed by atoms with E-state index in [1.54, 1.807) is 6.07 Å². The molecule has 0 amide bonds. The molecule has 2 rings (SSSR count). The maximum atomic E-state index is 13.4. The monoisotopic (exact) mass is 327 g/mol. The van der Waals surface area contributed by atoms with Gasteiger partial charge < -0.3 is 5.32 Å². The number of hydrogen-bond acceptors (Lipinski definition) is 1. The van der Waals surface area contributed by atoms with Crippen LogP contribution in [0.3, 0.4) is 0 Å². The zero-order chi connectivity index (χ0) is 13.7. The van der Waals surface area contributed by atoms with Crippen LogP contribution in [0.1, 0.15) is 44.6 Å². The third-order valence-corrected chi connectivity index (χ3v) is 4.43. The van der Waals surface area contributed by atoms with Gasteiger partial charge in [-0.2, -0.15) is 0 Å². The second-order valence-corrected chi connectivity index (χ2v) is 6.54. The SMILES string of the molecule is CCNC1CCCCC(Cc2cc(F)cc(Br)c2)C1. The van der Waals surface area contributed by atoms with Crippen molar-refractivity contribution in [3.05, 3.63) is 34.1 Å². The summed E-state index contributed by atoms with van der Waals surface area (Å²) in [6, 6.07) is 5.90. The van der Waals surface area contributed by atoms with Crippen molar-refractivity contribution in [3.8, 4) is 0 Å². The van der Waals surface area contributed by atoms with Gasteiger partial charge in [0.25, 0.3) is 0 Å². The number of rotatable bonds is 4. The fourth-order valence-corrected chi connectivity index (χ4v) is 3.70. The van der Waals surface area contributed by atoms with Crippen LogP contribution >= 0.6 is 15.9 Å². The Bertz CT molecular complexity index is 387. The number of benzene rings is 1. The largest absolute Gasteiger partial charge is 0.314 e. The average molecular weight is 328 g/mol. The van der Waals surface area contributed by atoms with Gasteiger partial charge in [0.15, 0.2) is 0 Å². The van der Waals surface area contributed by atoms with Crippen molar-refractivity contribution in [2.45, 2.75) is 51.5 Å². The van der Waals surface area contributed by atoms with Crippen LogP contribution in [0.25, 0.3) is 0 Å². The van der Waals surface area contributed by atoms with Crippen LogP contribution in [-0.2, 0) is 6.42 Å². The molecule has 1 aromatic carbocycles. The Morgan fingerprint density at radius 3 is 2.79 bits per heavy atom. The number of halogens is 2. The summed E-state index contributed by atoms with van der Waals surface area (Å²) in [6.45, 7) is 3.21. The molecular weight excluding hydrogens is 305 g/mol. The molecule has 0 aromatic heterocycles. The molecule has 1 nitrogen and oxygen atoms in total. The molecule has 1 fully saturated rings. The average Bonchev–Trinajstić information content (AvgIpc) is 2.53. The third-order valence-electron chi connectivity index (χ3n) is 3.97. The topological polar surface area (TPSA) is 12.0 Å². The van der Waals surface area contributed by atoms with E-state index < -0.39 is 0 Å². The molecule has 3 heteroatoms. The summed E-state index contributed by atoms with van der Waals surface area (Å²) in [4.78, 5) is 0. The zero-order valence-corrected chi connectivity index (χ0v) is 13.2. The second kappa shape index (κ2) is 7.39. The number of hydrogen-bond donors (Lipinski definition) is 1. The van der Waals surface area contributed by atoms with E-state index >= 15 is 0 Å². The molecule has 1 aliphatic rings. The Morgan fingerprint density at radius 2 is 2.05 bits per heavy atom. The highest BCUT2D eigenvalue weighted by atomic mass is 79.9. The lowest BCUT2D eigenvalue weighted by Gasteiger charge is -2.21. The fourth-order valence-electron chi connectivity index (χ4n) is 3.18. The van der Waals surface area contributed by atoms with Crippen LogP contribution in [0.15, 0.2) is 22.7 Å². The van der Waals surface area contributed by atoms with Gasteiger partial charge in [-0.15, -0.1) is 0 Å². The van der Waals surface area contributed by atoms with Crippen LogP contribution in [0.4, 0.5) is 4.39 Å². The Balaban J connectivity index is 1.99. The maximum Gasteiger partial charge on any atom is 0.124 e. The van der Waals surface area contributed by atoms with Gasteiger partial charge in [0.05, 0.1) is 0 Å². The molecule has 2 atom stereocenters. The summed E-state index contributed by atoms with van der Waals surface area (Å²) in [5, 5.41) is 3.58. The smallest absolute Gasteiger partial charge is 0.124 e. The minimum absolute atomic E-state index is 0.138. The molecule has 0 heterocycles. The van der Waals surface area contributed by atoms with Crippen molar-refractivity contribution in [2.24, 2.45) is 5.92 Å². The van der Waals surface area contributed by atoms with E-state index in [1.165, 1.54) is 38.2 Å². The lowest BCUT2D eigenvalue weighted by atomic mass is 9.91. The summed E-state index contributed by atoms with van der Waals surface area (Å²) in [7, 11) is 0. The van der Waals surface area contributed by atoms with E-state index in [0.29, 0.717) is 12.0 Å². The quantitative estimate of drug-likeness (QED) is 0.791. The molecule has 0 radical (unpaired) electrons. The molecule has 106 valence electrons. The zero-order valence-electron chi connectivity index (χ0n) is 11.6. The standard InChI is InChI=1S/C16H23BrFN/c1-2-19-16-6-4-3-5-12(10-16)7-13-8-14(17)11-15(18)9-13/h8-9,11-12,16,19H,2-7,10H2,1H3. The first kappa shape index (κ1) is 15.0. The Hall–Kier alpha value is -0.410. The first-order chi connectivity index (χ1) is 9.17. The maximum absolute atomic E-state index is 13.4. The van der Waals surface area contributed by atoms with Gasteiger partial charge in [-0.1, -0.05) is 42.1 Å². The summed E-state index contributed by atoms with van der Waals surface area (Å²) < 4.78 is 14.3. The summed E-state index contributed by atoms with van der Waals surface area (Å²) in [5.41, 5.74) is 1.12. The second-order valence-electron chi connectivity index (χ2n) is 5.62. The molecular formula is C16H23BrFN. The van der Waals surface area contributed by atoms with Crippen molar-refractivity contribution >= 4 is 15.9 Å². The van der Waals surface area contributed by atoms with E-state index in [0.717, 1.165) is 23.0 Å². The molecule has 0 aliphatic heterocycles. The van der Waals surface area contributed by atoms with E-state index in [2.05, 4.69) is 34.2 Å². The van der Waals surface area contributed by atoms with Crippen LogP contribution < -0.4 is 5.32 Å². The van der Waals surface area contributed by atoms with Gasteiger partial charge in [-0.3, -0.25) is 0 Å². The van der Waals surface area contributed by atoms with Crippen molar-refractivity contribution in [2.75, 3.05) is 6.54 Å². The van der Waals surface area contributed by atoms with Crippen LogP contribution in [0.2, 0.25) is 0 Å².